The van der Waals surface area contributed by atoms with Crippen LogP contribution >= 0.6 is 11.6 Å². The molecule has 0 unspecified atom stereocenters. The third-order valence-corrected chi connectivity index (χ3v) is 2.87. The summed E-state index contributed by atoms with van der Waals surface area (Å²) < 4.78 is 5.10. The highest BCUT2D eigenvalue weighted by molar-refractivity contribution is 6.31. The molecule has 1 aromatic rings. The minimum Gasteiger partial charge on any atom is -0.477 e. The zero-order valence-electron chi connectivity index (χ0n) is 14.3. The Kier molecular flexibility index (Phi) is 6.93. The number of nitrogens with one attached hydrogen (secondary N) is 2. The molecule has 0 fully saturated rings. The van der Waals surface area contributed by atoms with E-state index < -0.39 is 23.6 Å². The summed E-state index contributed by atoms with van der Waals surface area (Å²) in [6.07, 6.45) is 0.609. The molecular formula is C16H20ClN3O5. The third-order valence-electron chi connectivity index (χ3n) is 2.66. The highest BCUT2D eigenvalue weighted by Crippen LogP contribution is 2.13. The summed E-state index contributed by atoms with van der Waals surface area (Å²) in [5, 5.41) is 13.9. The number of nitrogens with zero attached hydrogens (tertiary/aromatic N) is 1. The Morgan fingerprint density at radius 3 is 2.48 bits per heavy atom. The molecule has 0 saturated carbocycles. The van der Waals surface area contributed by atoms with Gasteiger partial charge in [-0.3, -0.25) is 4.79 Å². The molecule has 0 aromatic carbocycles. The number of alkyl carbamates (subject to hydrolysis) is 1. The standard InChI is InChI=1S/C16H20ClN3O5/c1-5-11(14(22)23)20-13(21)12-7-9(17)6-10(19-12)8-18-15(24)25-16(2,3)4/h5-7H,8H2,1-4H3,(H,18,24)(H,20,21)(H,22,23)/b11-5-. The molecule has 0 aliphatic heterocycles. The minimum absolute atomic E-state index is 0.00877. The quantitative estimate of drug-likeness (QED) is 0.686. The average molecular weight is 370 g/mol. The molecule has 8 nitrogen and oxygen atoms in total. The first-order valence-corrected chi connectivity index (χ1v) is 7.74. The van der Waals surface area contributed by atoms with Gasteiger partial charge in [-0.15, -0.1) is 0 Å². The summed E-state index contributed by atoms with van der Waals surface area (Å²) in [5.41, 5.74) is -0.675. The van der Waals surface area contributed by atoms with E-state index in [9.17, 15) is 14.4 Å². The third kappa shape index (κ3) is 7.21. The van der Waals surface area contributed by atoms with Crippen molar-refractivity contribution >= 4 is 29.6 Å². The van der Waals surface area contributed by atoms with Crippen LogP contribution in [0.15, 0.2) is 23.9 Å². The molecule has 3 N–H and O–H groups in total. The van der Waals surface area contributed by atoms with Gasteiger partial charge < -0.3 is 20.5 Å². The smallest absolute Gasteiger partial charge is 0.407 e. The lowest BCUT2D eigenvalue weighted by atomic mass is 10.2. The predicted octanol–water partition coefficient (Wildman–Crippen LogP) is 2.48. The van der Waals surface area contributed by atoms with E-state index in [1.807, 2.05) is 0 Å². The Bertz CT molecular complexity index is 710. The SMILES string of the molecule is C/C=C(\NC(=O)c1cc(Cl)cc(CNC(=O)OC(C)(C)C)n1)C(=O)O. The number of carbonyl (C=O) groups is 3. The molecule has 0 aliphatic carbocycles. The first-order valence-electron chi connectivity index (χ1n) is 7.36. The molecule has 136 valence electrons. The number of carboxylic acid groups (broad SMARTS) is 1. The molecule has 2 amide bonds. The van der Waals surface area contributed by atoms with Gasteiger partial charge in [0.1, 0.15) is 17.0 Å². The fourth-order valence-corrected chi connectivity index (χ4v) is 1.90. The average Bonchev–Trinajstić information content (AvgIpc) is 2.47. The number of carbonyl (C=O) groups excluding carboxylic acids is 2. The number of halogens is 1. The van der Waals surface area contributed by atoms with E-state index in [1.165, 1.54) is 25.1 Å². The van der Waals surface area contributed by atoms with Crippen LogP contribution < -0.4 is 10.6 Å². The van der Waals surface area contributed by atoms with Crippen LogP contribution in [0.25, 0.3) is 0 Å². The molecular weight excluding hydrogens is 350 g/mol. The van der Waals surface area contributed by atoms with Gasteiger partial charge in [0.2, 0.25) is 0 Å². The molecule has 9 heteroatoms. The summed E-state index contributed by atoms with van der Waals surface area (Å²) in [6, 6.07) is 2.77. The number of carboxylic acids is 1. The van der Waals surface area contributed by atoms with Gasteiger partial charge in [0.15, 0.2) is 0 Å². The van der Waals surface area contributed by atoms with Crippen LogP contribution in [0.4, 0.5) is 4.79 Å². The number of allylic oxidation sites excluding steroid dienone is 1. The van der Waals surface area contributed by atoms with Crippen molar-refractivity contribution in [2.24, 2.45) is 0 Å². The molecule has 0 aliphatic rings. The summed E-state index contributed by atoms with van der Waals surface area (Å²) in [5.74, 6) is -2.00. The monoisotopic (exact) mass is 369 g/mol. The molecule has 1 heterocycles. The number of hydrogen-bond donors (Lipinski definition) is 3. The fraction of sp³-hybridized carbons (Fsp3) is 0.375. The van der Waals surface area contributed by atoms with Gasteiger partial charge in [-0.05, 0) is 39.8 Å². The number of aliphatic carboxylic acids is 1. The largest absolute Gasteiger partial charge is 0.477 e. The second-order valence-corrected chi connectivity index (χ2v) is 6.42. The van der Waals surface area contributed by atoms with Crippen molar-refractivity contribution in [3.05, 3.63) is 40.3 Å². The van der Waals surface area contributed by atoms with Crippen LogP contribution in [0, 0.1) is 0 Å². The van der Waals surface area contributed by atoms with Gasteiger partial charge in [0.05, 0.1) is 12.2 Å². The van der Waals surface area contributed by atoms with Gasteiger partial charge >= 0.3 is 12.1 Å². The lowest BCUT2D eigenvalue weighted by Crippen LogP contribution is -2.32. The van der Waals surface area contributed by atoms with E-state index in [1.54, 1.807) is 20.8 Å². The van der Waals surface area contributed by atoms with Crippen LogP contribution in [0.5, 0.6) is 0 Å². The van der Waals surface area contributed by atoms with Crippen molar-refractivity contribution in [2.75, 3.05) is 0 Å². The molecule has 0 bridgehead atoms. The maximum atomic E-state index is 12.1. The fourth-order valence-electron chi connectivity index (χ4n) is 1.67. The Morgan fingerprint density at radius 2 is 1.96 bits per heavy atom. The van der Waals surface area contributed by atoms with Crippen LogP contribution in [-0.2, 0) is 16.1 Å². The van der Waals surface area contributed by atoms with E-state index in [2.05, 4.69) is 15.6 Å². The topological polar surface area (TPSA) is 118 Å². The number of hydrogen-bond acceptors (Lipinski definition) is 5. The molecule has 0 spiro atoms. The minimum atomic E-state index is -1.27. The Balaban J connectivity index is 2.84. The lowest BCUT2D eigenvalue weighted by Gasteiger charge is -2.19. The van der Waals surface area contributed by atoms with E-state index in [0.29, 0.717) is 5.69 Å². The number of aromatic nitrogens is 1. The lowest BCUT2D eigenvalue weighted by molar-refractivity contribution is -0.133. The summed E-state index contributed by atoms with van der Waals surface area (Å²) >= 11 is 5.95. The number of pyridine rings is 1. The highest BCUT2D eigenvalue weighted by atomic mass is 35.5. The molecule has 0 saturated heterocycles. The first kappa shape index (κ1) is 20.4. The van der Waals surface area contributed by atoms with Gasteiger partial charge in [-0.1, -0.05) is 17.7 Å². The number of amides is 2. The van der Waals surface area contributed by atoms with E-state index in [0.717, 1.165) is 0 Å². The Morgan fingerprint density at radius 1 is 1.32 bits per heavy atom. The maximum Gasteiger partial charge on any atom is 0.407 e. The molecule has 0 atom stereocenters. The van der Waals surface area contributed by atoms with Gasteiger partial charge in [-0.2, -0.15) is 0 Å². The van der Waals surface area contributed by atoms with Crippen LogP contribution in [-0.4, -0.2) is 33.7 Å². The molecule has 1 rings (SSSR count). The summed E-state index contributed by atoms with van der Waals surface area (Å²) in [4.78, 5) is 38.7. The Labute approximate surface area is 150 Å². The zero-order valence-corrected chi connectivity index (χ0v) is 15.1. The van der Waals surface area contributed by atoms with Crippen molar-refractivity contribution in [1.82, 2.24) is 15.6 Å². The maximum absolute atomic E-state index is 12.1. The highest BCUT2D eigenvalue weighted by Gasteiger charge is 2.17. The normalized spacial score (nSPS) is 11.6. The number of ether oxygens (including phenoxy) is 1. The van der Waals surface area contributed by atoms with Crippen molar-refractivity contribution < 1.29 is 24.2 Å². The van der Waals surface area contributed by atoms with Crippen molar-refractivity contribution in [3.63, 3.8) is 0 Å². The first-order chi connectivity index (χ1) is 11.5. The van der Waals surface area contributed by atoms with Crippen molar-refractivity contribution in [3.8, 4) is 0 Å². The molecule has 0 radical (unpaired) electrons. The van der Waals surface area contributed by atoms with Crippen LogP contribution in [0.3, 0.4) is 0 Å². The predicted molar refractivity (Wildman–Crippen MR) is 91.2 cm³/mol. The second kappa shape index (κ2) is 8.48. The van der Waals surface area contributed by atoms with E-state index in [4.69, 9.17) is 21.4 Å². The van der Waals surface area contributed by atoms with Gasteiger partial charge in [0, 0.05) is 5.02 Å². The molecule has 25 heavy (non-hydrogen) atoms. The van der Waals surface area contributed by atoms with Crippen LogP contribution in [0.1, 0.15) is 43.9 Å². The van der Waals surface area contributed by atoms with E-state index in [-0.39, 0.29) is 23.0 Å². The summed E-state index contributed by atoms with van der Waals surface area (Å²) in [7, 11) is 0. The van der Waals surface area contributed by atoms with Crippen molar-refractivity contribution in [2.45, 2.75) is 39.8 Å². The number of rotatable bonds is 5. The van der Waals surface area contributed by atoms with Crippen LogP contribution in [0.2, 0.25) is 5.02 Å². The second-order valence-electron chi connectivity index (χ2n) is 5.98. The zero-order chi connectivity index (χ0) is 19.2. The van der Waals surface area contributed by atoms with Gasteiger partial charge in [-0.25, -0.2) is 14.6 Å². The summed E-state index contributed by atoms with van der Waals surface area (Å²) in [6.45, 7) is 6.66. The van der Waals surface area contributed by atoms with E-state index >= 15 is 0 Å². The van der Waals surface area contributed by atoms with Crippen molar-refractivity contribution in [1.29, 1.82) is 0 Å². The molecule has 1 aromatic heterocycles. The van der Waals surface area contributed by atoms with Gasteiger partial charge in [0.25, 0.3) is 5.91 Å². The Hall–Kier alpha value is -2.61.